The zero-order valence-electron chi connectivity index (χ0n) is 12.2. The second-order valence-corrected chi connectivity index (χ2v) is 4.50. The summed E-state index contributed by atoms with van der Waals surface area (Å²) < 4.78 is 0. The molecule has 0 radical (unpaired) electrons. The Morgan fingerprint density at radius 3 is 1.45 bits per heavy atom. The first-order chi connectivity index (χ1) is 10.5. The standard InChI is InChI=1S/C8H8N2O2.C8H12N2/c9-7(11)5-3-1-2-4-6(5)8(10)12;9-5-7-2-1-3-8(4-7)6-10/h1-4H,(H2,9,11)(H2,10,12);1-4H,5-6,9-10H2. The first-order valence-electron chi connectivity index (χ1n) is 6.66. The Morgan fingerprint density at radius 2 is 1.14 bits per heavy atom. The summed E-state index contributed by atoms with van der Waals surface area (Å²) >= 11 is 0. The minimum absolute atomic E-state index is 0.157. The van der Waals surface area contributed by atoms with E-state index in [1.807, 2.05) is 24.3 Å². The summed E-state index contributed by atoms with van der Waals surface area (Å²) in [5.74, 6) is -1.30. The minimum Gasteiger partial charge on any atom is -0.366 e. The molecular formula is C16H20N4O2. The molecule has 2 aromatic rings. The molecule has 0 saturated carbocycles. The van der Waals surface area contributed by atoms with Crippen molar-refractivity contribution < 1.29 is 9.59 Å². The van der Waals surface area contributed by atoms with Crippen LogP contribution in [-0.2, 0) is 13.1 Å². The molecule has 0 aliphatic rings. The van der Waals surface area contributed by atoms with E-state index >= 15 is 0 Å². The minimum atomic E-state index is -0.649. The van der Waals surface area contributed by atoms with Crippen molar-refractivity contribution in [2.24, 2.45) is 22.9 Å². The quantitative estimate of drug-likeness (QED) is 0.652. The number of carbonyl (C=O) groups excluding carboxylic acids is 2. The molecule has 0 aliphatic heterocycles. The summed E-state index contributed by atoms with van der Waals surface area (Å²) in [6, 6.07) is 14.2. The van der Waals surface area contributed by atoms with Gasteiger partial charge >= 0.3 is 0 Å². The van der Waals surface area contributed by atoms with Gasteiger partial charge in [-0.25, -0.2) is 0 Å². The summed E-state index contributed by atoms with van der Waals surface area (Å²) in [6.45, 7) is 1.18. The first-order valence-corrected chi connectivity index (χ1v) is 6.66. The van der Waals surface area contributed by atoms with Crippen LogP contribution in [0, 0.1) is 0 Å². The Bertz CT molecular complexity index is 604. The summed E-state index contributed by atoms with van der Waals surface area (Å²) in [5, 5.41) is 0. The number of amides is 2. The van der Waals surface area contributed by atoms with Crippen LogP contribution in [0.2, 0.25) is 0 Å². The molecule has 22 heavy (non-hydrogen) atoms. The third-order valence-corrected chi connectivity index (χ3v) is 2.92. The van der Waals surface area contributed by atoms with Gasteiger partial charge in [-0.2, -0.15) is 0 Å². The van der Waals surface area contributed by atoms with Gasteiger partial charge in [0.25, 0.3) is 0 Å². The molecule has 0 aliphatic carbocycles. The molecular weight excluding hydrogens is 280 g/mol. The Kier molecular flexibility index (Phi) is 6.75. The van der Waals surface area contributed by atoms with Gasteiger partial charge in [-0.15, -0.1) is 0 Å². The lowest BCUT2D eigenvalue weighted by molar-refractivity contribution is 0.0967. The van der Waals surface area contributed by atoms with Crippen LogP contribution in [0.3, 0.4) is 0 Å². The number of primary amides is 2. The van der Waals surface area contributed by atoms with Crippen LogP contribution >= 0.6 is 0 Å². The third-order valence-electron chi connectivity index (χ3n) is 2.92. The van der Waals surface area contributed by atoms with E-state index in [2.05, 4.69) is 0 Å². The molecule has 6 nitrogen and oxygen atoms in total. The van der Waals surface area contributed by atoms with E-state index in [-0.39, 0.29) is 11.1 Å². The normalized spacial score (nSPS) is 9.55. The smallest absolute Gasteiger partial charge is 0.249 e. The molecule has 6 heteroatoms. The molecule has 2 amide bonds. The topological polar surface area (TPSA) is 138 Å². The zero-order valence-corrected chi connectivity index (χ0v) is 12.2. The van der Waals surface area contributed by atoms with Crippen molar-refractivity contribution in [1.29, 1.82) is 0 Å². The Morgan fingerprint density at radius 1 is 0.727 bits per heavy atom. The highest BCUT2D eigenvalue weighted by Gasteiger charge is 2.10. The van der Waals surface area contributed by atoms with Crippen LogP contribution in [-0.4, -0.2) is 11.8 Å². The van der Waals surface area contributed by atoms with Gasteiger partial charge in [0.1, 0.15) is 0 Å². The molecule has 0 bridgehead atoms. The van der Waals surface area contributed by atoms with Gasteiger partial charge in [0.15, 0.2) is 0 Å². The fourth-order valence-electron chi connectivity index (χ4n) is 1.80. The fraction of sp³-hybridized carbons (Fsp3) is 0.125. The highest BCUT2D eigenvalue weighted by atomic mass is 16.2. The summed E-state index contributed by atoms with van der Waals surface area (Å²) in [5.41, 5.74) is 23.5. The third kappa shape index (κ3) is 5.01. The van der Waals surface area contributed by atoms with E-state index in [4.69, 9.17) is 22.9 Å². The lowest BCUT2D eigenvalue weighted by Gasteiger charge is -2.00. The van der Waals surface area contributed by atoms with Crippen LogP contribution in [0.5, 0.6) is 0 Å². The van der Waals surface area contributed by atoms with E-state index < -0.39 is 11.8 Å². The van der Waals surface area contributed by atoms with Gasteiger partial charge in [-0.1, -0.05) is 36.4 Å². The summed E-state index contributed by atoms with van der Waals surface area (Å²) in [6.07, 6.45) is 0. The maximum absolute atomic E-state index is 10.7. The number of nitrogens with two attached hydrogens (primary N) is 4. The van der Waals surface area contributed by atoms with Crippen LogP contribution < -0.4 is 22.9 Å². The van der Waals surface area contributed by atoms with Crippen LogP contribution in [0.15, 0.2) is 48.5 Å². The second kappa shape index (κ2) is 8.56. The number of hydrogen-bond acceptors (Lipinski definition) is 4. The molecule has 2 rings (SSSR count). The molecule has 0 aromatic heterocycles. The van der Waals surface area contributed by atoms with Crippen molar-refractivity contribution in [3.63, 3.8) is 0 Å². The van der Waals surface area contributed by atoms with Gasteiger partial charge in [0, 0.05) is 13.1 Å². The van der Waals surface area contributed by atoms with Gasteiger partial charge in [0.2, 0.25) is 11.8 Å². The molecule has 0 unspecified atom stereocenters. The lowest BCUT2D eigenvalue weighted by atomic mass is 10.1. The zero-order chi connectivity index (χ0) is 16.5. The average molecular weight is 300 g/mol. The first kappa shape index (κ1) is 17.4. The molecule has 0 spiro atoms. The molecule has 0 heterocycles. The van der Waals surface area contributed by atoms with E-state index in [9.17, 15) is 9.59 Å². The maximum Gasteiger partial charge on any atom is 0.249 e. The largest absolute Gasteiger partial charge is 0.366 e. The molecule has 8 N–H and O–H groups in total. The van der Waals surface area contributed by atoms with Gasteiger partial charge in [0.05, 0.1) is 11.1 Å². The SMILES string of the molecule is NC(=O)c1ccccc1C(N)=O.NCc1cccc(CN)c1. The predicted octanol–water partition coefficient (Wildman–Crippen LogP) is 0.488. The van der Waals surface area contributed by atoms with E-state index in [0.717, 1.165) is 11.1 Å². The average Bonchev–Trinajstić information content (AvgIpc) is 2.55. The number of rotatable bonds is 4. The summed E-state index contributed by atoms with van der Waals surface area (Å²) in [4.78, 5) is 21.5. The molecule has 116 valence electrons. The molecule has 0 fully saturated rings. The van der Waals surface area contributed by atoms with E-state index in [1.165, 1.54) is 12.1 Å². The maximum atomic E-state index is 10.7. The van der Waals surface area contributed by atoms with Gasteiger partial charge < -0.3 is 22.9 Å². The van der Waals surface area contributed by atoms with Gasteiger partial charge in [-0.05, 0) is 23.3 Å². The molecule has 0 saturated heterocycles. The Hall–Kier alpha value is -2.70. The number of benzene rings is 2. The van der Waals surface area contributed by atoms with Crippen LogP contribution in [0.1, 0.15) is 31.8 Å². The van der Waals surface area contributed by atoms with Crippen molar-refractivity contribution in [1.82, 2.24) is 0 Å². The van der Waals surface area contributed by atoms with Crippen molar-refractivity contribution in [2.75, 3.05) is 0 Å². The Balaban J connectivity index is 0.000000224. The summed E-state index contributed by atoms with van der Waals surface area (Å²) in [7, 11) is 0. The van der Waals surface area contributed by atoms with Crippen molar-refractivity contribution in [2.45, 2.75) is 13.1 Å². The Labute approximate surface area is 129 Å². The highest BCUT2D eigenvalue weighted by molar-refractivity contribution is 6.06. The van der Waals surface area contributed by atoms with E-state index in [1.54, 1.807) is 12.1 Å². The van der Waals surface area contributed by atoms with Gasteiger partial charge in [-0.3, -0.25) is 9.59 Å². The van der Waals surface area contributed by atoms with Crippen LogP contribution in [0.25, 0.3) is 0 Å². The number of carbonyl (C=O) groups is 2. The van der Waals surface area contributed by atoms with E-state index in [0.29, 0.717) is 13.1 Å². The highest BCUT2D eigenvalue weighted by Crippen LogP contribution is 2.06. The predicted molar refractivity (Wildman–Crippen MR) is 85.7 cm³/mol. The second-order valence-electron chi connectivity index (χ2n) is 4.50. The van der Waals surface area contributed by atoms with Crippen LogP contribution in [0.4, 0.5) is 0 Å². The van der Waals surface area contributed by atoms with Crippen molar-refractivity contribution >= 4 is 11.8 Å². The fourth-order valence-corrected chi connectivity index (χ4v) is 1.80. The lowest BCUT2D eigenvalue weighted by Crippen LogP contribution is -2.20. The molecule has 2 aromatic carbocycles. The van der Waals surface area contributed by atoms with Crippen molar-refractivity contribution in [3.8, 4) is 0 Å². The monoisotopic (exact) mass is 300 g/mol. The molecule has 0 atom stereocenters. The number of hydrogen-bond donors (Lipinski definition) is 4. The van der Waals surface area contributed by atoms with Crippen molar-refractivity contribution in [3.05, 3.63) is 70.8 Å².